The molecule has 0 radical (unpaired) electrons. The predicted molar refractivity (Wildman–Crippen MR) is 90.7 cm³/mol. The smallest absolute Gasteiger partial charge is 0.211 e. The van der Waals surface area contributed by atoms with Gasteiger partial charge in [-0.15, -0.1) is 0 Å². The van der Waals surface area contributed by atoms with Crippen LogP contribution in [0.1, 0.15) is 27.8 Å². The van der Waals surface area contributed by atoms with Crippen LogP contribution in [-0.4, -0.2) is 15.0 Å². The molecular weight excluding hydrogens is 313 g/mol. The summed E-state index contributed by atoms with van der Waals surface area (Å²) in [5.41, 5.74) is 3.91. The molecule has 124 valence electrons. The first-order valence-electron chi connectivity index (χ1n) is 7.54. The van der Waals surface area contributed by atoms with Crippen molar-refractivity contribution in [1.82, 2.24) is 4.72 Å². The lowest BCUT2D eigenvalue weighted by Gasteiger charge is -2.16. The molecule has 2 aromatic rings. The molecule has 1 N–H and O–H groups in total. The summed E-state index contributed by atoms with van der Waals surface area (Å²) in [5.74, 6) is -0.314. The van der Waals surface area contributed by atoms with Gasteiger partial charge in [-0.1, -0.05) is 24.3 Å². The van der Waals surface area contributed by atoms with Gasteiger partial charge in [0.25, 0.3) is 0 Å². The molecule has 0 aliphatic rings. The number of halogens is 1. The van der Waals surface area contributed by atoms with E-state index in [1.807, 2.05) is 33.8 Å². The molecule has 0 saturated heterocycles. The van der Waals surface area contributed by atoms with Crippen LogP contribution in [0.4, 0.5) is 4.39 Å². The molecule has 0 spiro atoms. The first-order valence-corrected chi connectivity index (χ1v) is 9.03. The van der Waals surface area contributed by atoms with E-state index in [0.29, 0.717) is 16.9 Å². The summed E-state index contributed by atoms with van der Waals surface area (Å²) < 4.78 is 41.5. The Morgan fingerprint density at radius 1 is 1.00 bits per heavy atom. The fraction of sp³-hybridized carbons (Fsp3) is 0.333. The molecule has 0 saturated carbocycles. The second-order valence-electron chi connectivity index (χ2n) is 5.83. The van der Waals surface area contributed by atoms with Crippen LogP contribution in [-0.2, 0) is 16.4 Å². The van der Waals surface area contributed by atoms with E-state index in [2.05, 4.69) is 4.72 Å². The van der Waals surface area contributed by atoms with Gasteiger partial charge in [-0.05, 0) is 68.0 Å². The third-order valence-electron chi connectivity index (χ3n) is 4.21. The van der Waals surface area contributed by atoms with Crippen molar-refractivity contribution in [3.8, 4) is 0 Å². The predicted octanol–water partition coefficient (Wildman–Crippen LogP) is 3.58. The summed E-state index contributed by atoms with van der Waals surface area (Å²) in [5, 5.41) is 0. The molecule has 0 heterocycles. The van der Waals surface area contributed by atoms with Crippen LogP contribution >= 0.6 is 0 Å². The van der Waals surface area contributed by atoms with Crippen molar-refractivity contribution < 1.29 is 12.8 Å². The van der Waals surface area contributed by atoms with Gasteiger partial charge in [0.15, 0.2) is 0 Å². The molecular formula is C18H22FNO2S. The van der Waals surface area contributed by atoms with Crippen LogP contribution < -0.4 is 4.72 Å². The van der Waals surface area contributed by atoms with E-state index in [1.54, 1.807) is 18.2 Å². The molecule has 0 aliphatic heterocycles. The number of aryl methyl sites for hydroxylation is 2. The molecule has 5 heteroatoms. The normalized spacial score (nSPS) is 11.7. The Bertz CT molecular complexity index is 803. The molecule has 0 bridgehead atoms. The molecule has 23 heavy (non-hydrogen) atoms. The maximum absolute atomic E-state index is 13.6. The lowest BCUT2D eigenvalue weighted by Crippen LogP contribution is -2.28. The number of benzene rings is 2. The molecule has 0 aliphatic carbocycles. The summed E-state index contributed by atoms with van der Waals surface area (Å²) in [4.78, 5) is 0.337. The van der Waals surface area contributed by atoms with E-state index < -0.39 is 10.0 Å². The Kier molecular flexibility index (Phi) is 5.22. The Hall–Kier alpha value is -1.72. The van der Waals surface area contributed by atoms with Gasteiger partial charge in [0.05, 0.1) is 4.90 Å². The molecule has 0 unspecified atom stereocenters. The van der Waals surface area contributed by atoms with Crippen molar-refractivity contribution in [2.24, 2.45) is 0 Å². The Morgan fingerprint density at radius 3 is 2.13 bits per heavy atom. The second-order valence-corrected chi connectivity index (χ2v) is 7.53. The van der Waals surface area contributed by atoms with Crippen LogP contribution in [0.2, 0.25) is 0 Å². The summed E-state index contributed by atoms with van der Waals surface area (Å²) in [6.45, 7) is 7.59. The van der Waals surface area contributed by atoms with Gasteiger partial charge in [-0.25, -0.2) is 17.5 Å². The van der Waals surface area contributed by atoms with E-state index in [0.717, 1.165) is 22.3 Å². The molecule has 0 amide bonds. The van der Waals surface area contributed by atoms with Crippen LogP contribution in [0.25, 0.3) is 0 Å². The molecule has 2 aromatic carbocycles. The van der Waals surface area contributed by atoms with Gasteiger partial charge >= 0.3 is 0 Å². The fourth-order valence-electron chi connectivity index (χ4n) is 2.68. The number of hydrogen-bond acceptors (Lipinski definition) is 2. The van der Waals surface area contributed by atoms with Crippen LogP contribution in [0, 0.1) is 33.5 Å². The van der Waals surface area contributed by atoms with Crippen molar-refractivity contribution in [3.63, 3.8) is 0 Å². The van der Waals surface area contributed by atoms with E-state index in [-0.39, 0.29) is 12.4 Å². The van der Waals surface area contributed by atoms with Crippen LogP contribution in [0.15, 0.2) is 35.2 Å². The topological polar surface area (TPSA) is 46.2 Å². The van der Waals surface area contributed by atoms with Gasteiger partial charge in [-0.2, -0.15) is 0 Å². The average molecular weight is 335 g/mol. The maximum Gasteiger partial charge on any atom is 0.241 e. The van der Waals surface area contributed by atoms with Gasteiger partial charge in [0.2, 0.25) is 10.0 Å². The maximum atomic E-state index is 13.6. The Labute approximate surface area is 137 Å². The number of hydrogen-bond donors (Lipinski definition) is 1. The lowest BCUT2D eigenvalue weighted by atomic mass is 10.0. The summed E-state index contributed by atoms with van der Waals surface area (Å²) in [6, 6.07) is 8.39. The van der Waals surface area contributed by atoms with Gasteiger partial charge < -0.3 is 0 Å². The van der Waals surface area contributed by atoms with Gasteiger partial charge in [0.1, 0.15) is 5.82 Å². The van der Waals surface area contributed by atoms with Crippen molar-refractivity contribution >= 4 is 10.0 Å². The first kappa shape index (κ1) is 17.6. The minimum Gasteiger partial charge on any atom is -0.211 e. The largest absolute Gasteiger partial charge is 0.241 e. The molecule has 0 atom stereocenters. The second kappa shape index (κ2) is 6.81. The third kappa shape index (κ3) is 3.79. The number of sulfonamides is 1. The van der Waals surface area contributed by atoms with Crippen LogP contribution in [0.5, 0.6) is 0 Å². The van der Waals surface area contributed by atoms with E-state index in [1.165, 1.54) is 6.07 Å². The van der Waals surface area contributed by atoms with E-state index in [4.69, 9.17) is 0 Å². The lowest BCUT2D eigenvalue weighted by molar-refractivity contribution is 0.576. The average Bonchev–Trinajstić information content (AvgIpc) is 2.47. The SMILES string of the molecule is Cc1cc(C)c(C)c(S(=O)(=O)NCCc2ccccc2F)c1C. The molecule has 0 fully saturated rings. The Morgan fingerprint density at radius 2 is 1.57 bits per heavy atom. The van der Waals surface area contributed by atoms with E-state index in [9.17, 15) is 12.8 Å². The summed E-state index contributed by atoms with van der Waals surface area (Å²) in [7, 11) is -3.62. The summed E-state index contributed by atoms with van der Waals surface area (Å²) in [6.07, 6.45) is 0.314. The highest BCUT2D eigenvalue weighted by Gasteiger charge is 2.21. The summed E-state index contributed by atoms with van der Waals surface area (Å²) >= 11 is 0. The first-order chi connectivity index (χ1) is 10.7. The van der Waals surface area contributed by atoms with E-state index >= 15 is 0 Å². The van der Waals surface area contributed by atoms with Gasteiger partial charge in [0, 0.05) is 6.54 Å². The van der Waals surface area contributed by atoms with Crippen molar-refractivity contribution in [3.05, 3.63) is 64.0 Å². The standard InChI is InChI=1S/C18H22FNO2S/c1-12-11-13(2)15(4)18(14(12)3)23(21,22)20-10-9-16-7-5-6-8-17(16)19/h5-8,11,20H,9-10H2,1-4H3. The quantitative estimate of drug-likeness (QED) is 0.908. The molecule has 2 rings (SSSR count). The molecule has 0 aromatic heterocycles. The zero-order valence-electron chi connectivity index (χ0n) is 13.9. The number of rotatable bonds is 5. The van der Waals surface area contributed by atoms with Crippen molar-refractivity contribution in [1.29, 1.82) is 0 Å². The monoisotopic (exact) mass is 335 g/mol. The minimum atomic E-state index is -3.62. The minimum absolute atomic E-state index is 0.162. The zero-order valence-corrected chi connectivity index (χ0v) is 14.7. The fourth-order valence-corrected chi connectivity index (χ4v) is 4.32. The Balaban J connectivity index is 2.22. The van der Waals surface area contributed by atoms with Crippen molar-refractivity contribution in [2.45, 2.75) is 39.0 Å². The number of nitrogens with one attached hydrogen (secondary N) is 1. The third-order valence-corrected chi connectivity index (χ3v) is 5.94. The van der Waals surface area contributed by atoms with Gasteiger partial charge in [-0.3, -0.25) is 0 Å². The highest BCUT2D eigenvalue weighted by atomic mass is 32.2. The zero-order chi connectivity index (χ0) is 17.2. The highest BCUT2D eigenvalue weighted by molar-refractivity contribution is 7.89. The van der Waals surface area contributed by atoms with Crippen LogP contribution in [0.3, 0.4) is 0 Å². The highest BCUT2D eigenvalue weighted by Crippen LogP contribution is 2.25. The van der Waals surface area contributed by atoms with Crippen molar-refractivity contribution in [2.75, 3.05) is 6.54 Å². The molecule has 3 nitrogen and oxygen atoms in total.